The Balaban J connectivity index is 3.29. The summed E-state index contributed by atoms with van der Waals surface area (Å²) in [5.74, 6) is -3.30. The van der Waals surface area contributed by atoms with Gasteiger partial charge in [-0.15, -0.1) is 0 Å². The predicted octanol–water partition coefficient (Wildman–Crippen LogP) is 2.48. The zero-order chi connectivity index (χ0) is 13.7. The lowest BCUT2D eigenvalue weighted by Crippen LogP contribution is -2.12. The van der Waals surface area contributed by atoms with E-state index in [-0.39, 0.29) is 6.61 Å². The van der Waals surface area contributed by atoms with Crippen LogP contribution in [-0.2, 0) is 4.74 Å². The van der Waals surface area contributed by atoms with Crippen LogP contribution in [0.1, 0.15) is 22.8 Å². The van der Waals surface area contributed by atoms with Gasteiger partial charge >= 0.3 is 12.6 Å². The van der Waals surface area contributed by atoms with Crippen LogP contribution >= 0.6 is 0 Å². The molecule has 0 N–H and O–H groups in total. The van der Waals surface area contributed by atoms with Gasteiger partial charge in [-0.2, -0.15) is 14.0 Å². The number of hydrogen-bond acceptors (Lipinski definition) is 4. The van der Waals surface area contributed by atoms with Gasteiger partial charge in [-0.1, -0.05) is 0 Å². The summed E-state index contributed by atoms with van der Waals surface area (Å²) in [5, 5.41) is 8.56. The van der Waals surface area contributed by atoms with Crippen LogP contribution in [0, 0.1) is 17.1 Å². The Morgan fingerprint density at radius 3 is 2.67 bits per heavy atom. The molecule has 0 unspecified atom stereocenters. The van der Waals surface area contributed by atoms with Crippen LogP contribution in [0.15, 0.2) is 12.1 Å². The third kappa shape index (κ3) is 2.91. The summed E-state index contributed by atoms with van der Waals surface area (Å²) in [6, 6.07) is 3.44. The van der Waals surface area contributed by atoms with Gasteiger partial charge in [0.1, 0.15) is 11.6 Å². The lowest BCUT2D eigenvalue weighted by atomic mass is 10.1. The van der Waals surface area contributed by atoms with Gasteiger partial charge in [0.25, 0.3) is 0 Å². The smallest absolute Gasteiger partial charge is 0.387 e. The van der Waals surface area contributed by atoms with Gasteiger partial charge in [0.2, 0.25) is 0 Å². The number of carbonyl (C=O) groups excluding carboxylic acids is 1. The zero-order valence-electron chi connectivity index (χ0n) is 9.25. The van der Waals surface area contributed by atoms with E-state index in [0.29, 0.717) is 0 Å². The Bertz CT molecular complexity index is 497. The number of alkyl halides is 2. The minimum Gasteiger partial charge on any atom is -0.462 e. The molecule has 0 aliphatic heterocycles. The summed E-state index contributed by atoms with van der Waals surface area (Å²) in [5.41, 5.74) is -0.993. The normalized spacial score (nSPS) is 10.0. The molecule has 0 heterocycles. The fraction of sp³-hybridized carbons (Fsp3) is 0.273. The van der Waals surface area contributed by atoms with E-state index in [0.717, 1.165) is 12.1 Å². The molecule has 7 heteroatoms. The first-order valence-electron chi connectivity index (χ1n) is 4.85. The average Bonchev–Trinajstić information content (AvgIpc) is 2.31. The first kappa shape index (κ1) is 13.8. The van der Waals surface area contributed by atoms with Crippen molar-refractivity contribution in [3.05, 3.63) is 29.1 Å². The molecule has 1 aromatic rings. The molecule has 0 saturated heterocycles. The highest BCUT2D eigenvalue weighted by Gasteiger charge is 2.23. The number of hydrogen-bond donors (Lipinski definition) is 0. The molecule has 1 rings (SSSR count). The fourth-order valence-electron chi connectivity index (χ4n) is 1.22. The van der Waals surface area contributed by atoms with Gasteiger partial charge < -0.3 is 9.47 Å². The van der Waals surface area contributed by atoms with Gasteiger partial charge in [0, 0.05) is 0 Å². The second kappa shape index (κ2) is 5.91. The van der Waals surface area contributed by atoms with Crippen LogP contribution in [0.4, 0.5) is 13.2 Å². The van der Waals surface area contributed by atoms with Crippen LogP contribution in [0.2, 0.25) is 0 Å². The molecule has 0 radical (unpaired) electrons. The second-order valence-corrected chi connectivity index (χ2v) is 3.01. The van der Waals surface area contributed by atoms with E-state index in [2.05, 4.69) is 9.47 Å². The SMILES string of the molecule is CCOC(=O)c1ccc(C#N)c(F)c1OC(F)F. The Morgan fingerprint density at radius 1 is 1.50 bits per heavy atom. The molecule has 0 spiro atoms. The number of nitriles is 1. The van der Waals surface area contributed by atoms with Crippen molar-refractivity contribution in [2.24, 2.45) is 0 Å². The minimum absolute atomic E-state index is 0.00538. The van der Waals surface area contributed by atoms with E-state index in [9.17, 15) is 18.0 Å². The molecule has 0 bridgehead atoms. The monoisotopic (exact) mass is 259 g/mol. The van der Waals surface area contributed by atoms with E-state index in [1.807, 2.05) is 0 Å². The highest BCUT2D eigenvalue weighted by atomic mass is 19.3. The molecule has 0 atom stereocenters. The molecule has 0 fully saturated rings. The number of esters is 1. The van der Waals surface area contributed by atoms with Crippen molar-refractivity contribution in [1.82, 2.24) is 0 Å². The zero-order valence-corrected chi connectivity index (χ0v) is 9.25. The largest absolute Gasteiger partial charge is 0.462 e. The fourth-order valence-corrected chi connectivity index (χ4v) is 1.22. The highest BCUT2D eigenvalue weighted by Crippen LogP contribution is 2.28. The number of carbonyl (C=O) groups is 1. The van der Waals surface area contributed by atoms with E-state index in [4.69, 9.17) is 5.26 Å². The van der Waals surface area contributed by atoms with Crippen LogP contribution in [0.5, 0.6) is 5.75 Å². The van der Waals surface area contributed by atoms with Crippen molar-refractivity contribution < 1.29 is 27.4 Å². The predicted molar refractivity (Wildman–Crippen MR) is 53.7 cm³/mol. The topological polar surface area (TPSA) is 59.3 Å². The third-order valence-corrected chi connectivity index (χ3v) is 1.92. The molecular formula is C11H8F3NO3. The van der Waals surface area contributed by atoms with Crippen molar-refractivity contribution in [1.29, 1.82) is 5.26 Å². The summed E-state index contributed by atoms with van der Waals surface area (Å²) >= 11 is 0. The summed E-state index contributed by atoms with van der Waals surface area (Å²) in [6.45, 7) is -1.82. The van der Waals surface area contributed by atoms with Crippen LogP contribution in [-0.4, -0.2) is 19.2 Å². The Hall–Kier alpha value is -2.23. The summed E-state index contributed by atoms with van der Waals surface area (Å²) in [6.07, 6.45) is 0. The summed E-state index contributed by atoms with van der Waals surface area (Å²) in [7, 11) is 0. The quantitative estimate of drug-likeness (QED) is 0.779. The summed E-state index contributed by atoms with van der Waals surface area (Å²) in [4.78, 5) is 11.4. The van der Waals surface area contributed by atoms with Crippen LogP contribution in [0.25, 0.3) is 0 Å². The van der Waals surface area contributed by atoms with E-state index in [1.165, 1.54) is 13.0 Å². The van der Waals surface area contributed by atoms with Gasteiger partial charge in [0.15, 0.2) is 11.6 Å². The average molecular weight is 259 g/mol. The molecule has 96 valence electrons. The molecular weight excluding hydrogens is 251 g/mol. The van der Waals surface area contributed by atoms with Crippen molar-refractivity contribution >= 4 is 5.97 Å². The first-order valence-corrected chi connectivity index (χ1v) is 4.85. The molecule has 0 saturated carbocycles. The van der Waals surface area contributed by atoms with Crippen molar-refractivity contribution in [2.45, 2.75) is 13.5 Å². The van der Waals surface area contributed by atoms with Crippen molar-refractivity contribution in [3.8, 4) is 11.8 Å². The van der Waals surface area contributed by atoms with Gasteiger partial charge in [-0.3, -0.25) is 0 Å². The number of nitrogens with zero attached hydrogens (tertiary/aromatic N) is 1. The van der Waals surface area contributed by atoms with Crippen molar-refractivity contribution in [3.63, 3.8) is 0 Å². The highest BCUT2D eigenvalue weighted by molar-refractivity contribution is 5.92. The minimum atomic E-state index is -3.32. The number of halogens is 3. The molecule has 0 aromatic heterocycles. The Morgan fingerprint density at radius 2 is 2.17 bits per heavy atom. The third-order valence-electron chi connectivity index (χ3n) is 1.92. The lowest BCUT2D eigenvalue weighted by molar-refractivity contribution is -0.0528. The van der Waals surface area contributed by atoms with Gasteiger partial charge in [-0.25, -0.2) is 9.18 Å². The number of benzene rings is 1. The maximum atomic E-state index is 13.6. The number of rotatable bonds is 4. The van der Waals surface area contributed by atoms with Crippen LogP contribution < -0.4 is 4.74 Å². The lowest BCUT2D eigenvalue weighted by Gasteiger charge is -2.11. The van der Waals surface area contributed by atoms with Crippen LogP contribution in [0.3, 0.4) is 0 Å². The second-order valence-electron chi connectivity index (χ2n) is 3.01. The number of ether oxygens (including phenoxy) is 2. The Kier molecular flexibility index (Phi) is 4.54. The molecule has 0 aliphatic carbocycles. The van der Waals surface area contributed by atoms with E-state index in [1.54, 1.807) is 0 Å². The molecule has 0 aliphatic rings. The molecule has 4 nitrogen and oxygen atoms in total. The maximum Gasteiger partial charge on any atom is 0.387 e. The van der Waals surface area contributed by atoms with Gasteiger partial charge in [0.05, 0.1) is 12.2 Å². The van der Waals surface area contributed by atoms with Crippen molar-refractivity contribution in [2.75, 3.05) is 6.61 Å². The van der Waals surface area contributed by atoms with Gasteiger partial charge in [-0.05, 0) is 19.1 Å². The van der Waals surface area contributed by atoms with E-state index < -0.39 is 35.3 Å². The first-order chi connectivity index (χ1) is 8.51. The Labute approximate surface area is 101 Å². The maximum absolute atomic E-state index is 13.6. The molecule has 18 heavy (non-hydrogen) atoms. The summed E-state index contributed by atoms with van der Waals surface area (Å²) < 4.78 is 46.4. The standard InChI is InChI=1S/C11H8F3NO3/c1-2-17-10(16)7-4-3-6(5-15)8(12)9(7)18-11(13)14/h3-4,11H,2H2,1H3. The molecule has 1 aromatic carbocycles. The molecule has 0 amide bonds. The van der Waals surface area contributed by atoms with E-state index >= 15 is 0 Å².